The third-order valence-corrected chi connectivity index (χ3v) is 1.75. The maximum Gasteiger partial charge on any atom is 0.0717 e. The first-order chi connectivity index (χ1) is 6.33. The summed E-state index contributed by atoms with van der Waals surface area (Å²) in [4.78, 5) is 0. The summed E-state index contributed by atoms with van der Waals surface area (Å²) in [6.07, 6.45) is 0. The molecule has 4 N–H and O–H groups in total. The zero-order valence-electron chi connectivity index (χ0n) is 7.65. The number of hydrogen-bond acceptors (Lipinski definition) is 3. The van der Waals surface area contributed by atoms with E-state index in [0.29, 0.717) is 19.8 Å². The Kier molecular flexibility index (Phi) is 4.46. The summed E-state index contributed by atoms with van der Waals surface area (Å²) in [6, 6.07) is 9.95. The molecule has 1 atom stereocenters. The minimum Gasteiger partial charge on any atom is -0.375 e. The molecule has 1 rings (SSSR count). The second kappa shape index (κ2) is 5.70. The maximum atomic E-state index is 5.59. The highest BCUT2D eigenvalue weighted by Crippen LogP contribution is 2.00. The summed E-state index contributed by atoms with van der Waals surface area (Å²) in [5, 5.41) is 0. The molecule has 0 amide bonds. The van der Waals surface area contributed by atoms with E-state index in [9.17, 15) is 0 Å². The van der Waals surface area contributed by atoms with Gasteiger partial charge in [0.25, 0.3) is 0 Å². The summed E-state index contributed by atoms with van der Waals surface area (Å²) in [5.41, 5.74) is 12.1. The second-order valence-corrected chi connectivity index (χ2v) is 3.00. The smallest absolute Gasteiger partial charge is 0.0717 e. The van der Waals surface area contributed by atoms with Crippen molar-refractivity contribution in [2.45, 2.75) is 12.6 Å². The van der Waals surface area contributed by atoms with Crippen LogP contribution < -0.4 is 11.5 Å². The summed E-state index contributed by atoms with van der Waals surface area (Å²) < 4.78 is 5.37. The largest absolute Gasteiger partial charge is 0.375 e. The molecule has 1 aromatic rings. The third kappa shape index (κ3) is 4.03. The van der Waals surface area contributed by atoms with Gasteiger partial charge in [0.15, 0.2) is 0 Å². The Morgan fingerprint density at radius 1 is 1.23 bits per heavy atom. The van der Waals surface area contributed by atoms with E-state index in [4.69, 9.17) is 16.2 Å². The van der Waals surface area contributed by atoms with Crippen molar-refractivity contribution in [1.29, 1.82) is 0 Å². The van der Waals surface area contributed by atoms with Crippen molar-refractivity contribution in [2.75, 3.05) is 13.2 Å². The van der Waals surface area contributed by atoms with Crippen LogP contribution >= 0.6 is 0 Å². The van der Waals surface area contributed by atoms with Gasteiger partial charge in [-0.1, -0.05) is 30.3 Å². The molecule has 1 unspecified atom stereocenters. The molecule has 0 fully saturated rings. The molecule has 3 nitrogen and oxygen atoms in total. The Labute approximate surface area is 78.7 Å². The highest BCUT2D eigenvalue weighted by Gasteiger charge is 1.98. The molecule has 0 radical (unpaired) electrons. The van der Waals surface area contributed by atoms with Crippen LogP contribution in [0.15, 0.2) is 30.3 Å². The minimum atomic E-state index is -0.0521. The van der Waals surface area contributed by atoms with E-state index < -0.39 is 0 Å². The summed E-state index contributed by atoms with van der Waals surface area (Å²) in [5.74, 6) is 0. The van der Waals surface area contributed by atoms with Gasteiger partial charge in [-0.25, -0.2) is 0 Å². The van der Waals surface area contributed by atoms with Crippen molar-refractivity contribution >= 4 is 0 Å². The molecule has 3 heteroatoms. The zero-order chi connectivity index (χ0) is 9.52. The van der Waals surface area contributed by atoms with Crippen LogP contribution in [0.1, 0.15) is 5.56 Å². The highest BCUT2D eigenvalue weighted by molar-refractivity contribution is 5.13. The van der Waals surface area contributed by atoms with Crippen LogP contribution in [-0.4, -0.2) is 19.2 Å². The van der Waals surface area contributed by atoms with Gasteiger partial charge >= 0.3 is 0 Å². The molecule has 0 saturated carbocycles. The van der Waals surface area contributed by atoms with E-state index >= 15 is 0 Å². The number of hydrogen-bond donors (Lipinski definition) is 2. The molecule has 0 saturated heterocycles. The third-order valence-electron chi connectivity index (χ3n) is 1.75. The van der Waals surface area contributed by atoms with Gasteiger partial charge in [-0.2, -0.15) is 0 Å². The fourth-order valence-corrected chi connectivity index (χ4v) is 0.970. The predicted octanol–water partition coefficient (Wildman–Crippen LogP) is 0.489. The van der Waals surface area contributed by atoms with Crippen molar-refractivity contribution in [1.82, 2.24) is 0 Å². The van der Waals surface area contributed by atoms with Crippen molar-refractivity contribution in [3.05, 3.63) is 35.9 Å². The Balaban J connectivity index is 2.20. The zero-order valence-corrected chi connectivity index (χ0v) is 7.65. The first-order valence-electron chi connectivity index (χ1n) is 4.40. The van der Waals surface area contributed by atoms with Gasteiger partial charge < -0.3 is 16.2 Å². The molecule has 72 valence electrons. The summed E-state index contributed by atoms with van der Waals surface area (Å²) in [7, 11) is 0. The molecule has 0 aromatic heterocycles. The van der Waals surface area contributed by atoms with Gasteiger partial charge in [0.1, 0.15) is 0 Å². The van der Waals surface area contributed by atoms with E-state index in [-0.39, 0.29) is 6.04 Å². The molecule has 0 spiro atoms. The van der Waals surface area contributed by atoms with Crippen molar-refractivity contribution in [3.63, 3.8) is 0 Å². The average Bonchev–Trinajstić information content (AvgIpc) is 2.19. The van der Waals surface area contributed by atoms with Crippen LogP contribution in [-0.2, 0) is 11.3 Å². The first-order valence-corrected chi connectivity index (χ1v) is 4.40. The van der Waals surface area contributed by atoms with Crippen LogP contribution in [0.25, 0.3) is 0 Å². The lowest BCUT2D eigenvalue weighted by Gasteiger charge is -2.09. The van der Waals surface area contributed by atoms with Crippen LogP contribution in [0.5, 0.6) is 0 Å². The first kappa shape index (κ1) is 10.2. The Bertz CT molecular complexity index is 226. The lowest BCUT2D eigenvalue weighted by Crippen LogP contribution is -2.34. The standard InChI is InChI=1S/C10H16N2O/c11-6-10(12)8-13-7-9-4-2-1-3-5-9/h1-5,10H,6-8,11-12H2. The van der Waals surface area contributed by atoms with Gasteiger partial charge in [-0.15, -0.1) is 0 Å². The number of nitrogens with two attached hydrogens (primary N) is 2. The molecule has 0 aliphatic rings. The normalized spacial score (nSPS) is 12.8. The van der Waals surface area contributed by atoms with E-state index in [1.165, 1.54) is 0 Å². The van der Waals surface area contributed by atoms with Crippen molar-refractivity contribution in [2.24, 2.45) is 11.5 Å². The lowest BCUT2D eigenvalue weighted by molar-refractivity contribution is 0.109. The second-order valence-electron chi connectivity index (χ2n) is 3.00. The van der Waals surface area contributed by atoms with Crippen LogP contribution in [0, 0.1) is 0 Å². The Hall–Kier alpha value is -0.900. The number of rotatable bonds is 5. The van der Waals surface area contributed by atoms with Gasteiger partial charge in [0, 0.05) is 12.6 Å². The van der Waals surface area contributed by atoms with Crippen molar-refractivity contribution < 1.29 is 4.74 Å². The fourth-order valence-electron chi connectivity index (χ4n) is 0.970. The van der Waals surface area contributed by atoms with Crippen LogP contribution in [0.3, 0.4) is 0 Å². The number of benzene rings is 1. The topological polar surface area (TPSA) is 61.3 Å². The predicted molar refractivity (Wildman–Crippen MR) is 53.1 cm³/mol. The maximum absolute atomic E-state index is 5.59. The van der Waals surface area contributed by atoms with Gasteiger partial charge in [0.2, 0.25) is 0 Å². The lowest BCUT2D eigenvalue weighted by atomic mass is 10.2. The Morgan fingerprint density at radius 3 is 2.54 bits per heavy atom. The van der Waals surface area contributed by atoms with Crippen LogP contribution in [0.4, 0.5) is 0 Å². The monoisotopic (exact) mass is 180 g/mol. The molecule has 0 heterocycles. The molecular weight excluding hydrogens is 164 g/mol. The quantitative estimate of drug-likeness (QED) is 0.693. The Morgan fingerprint density at radius 2 is 1.92 bits per heavy atom. The van der Waals surface area contributed by atoms with Crippen molar-refractivity contribution in [3.8, 4) is 0 Å². The number of ether oxygens (including phenoxy) is 1. The molecule has 0 bridgehead atoms. The molecule has 0 aliphatic heterocycles. The van der Waals surface area contributed by atoms with Gasteiger partial charge in [-0.05, 0) is 5.56 Å². The van der Waals surface area contributed by atoms with E-state index in [0.717, 1.165) is 5.56 Å². The highest BCUT2D eigenvalue weighted by atomic mass is 16.5. The summed E-state index contributed by atoms with van der Waals surface area (Å²) in [6.45, 7) is 1.59. The average molecular weight is 180 g/mol. The minimum absolute atomic E-state index is 0.0521. The SMILES string of the molecule is NCC(N)COCc1ccccc1. The van der Waals surface area contributed by atoms with Gasteiger partial charge in [-0.3, -0.25) is 0 Å². The van der Waals surface area contributed by atoms with Crippen LogP contribution in [0.2, 0.25) is 0 Å². The van der Waals surface area contributed by atoms with Gasteiger partial charge in [0.05, 0.1) is 13.2 Å². The molecule has 13 heavy (non-hydrogen) atoms. The summed E-state index contributed by atoms with van der Waals surface area (Å²) >= 11 is 0. The fraction of sp³-hybridized carbons (Fsp3) is 0.400. The molecular formula is C10H16N2O. The molecule has 0 aliphatic carbocycles. The van der Waals surface area contributed by atoms with E-state index in [2.05, 4.69) is 0 Å². The van der Waals surface area contributed by atoms with E-state index in [1.54, 1.807) is 0 Å². The van der Waals surface area contributed by atoms with E-state index in [1.807, 2.05) is 30.3 Å². The molecule has 1 aromatic carbocycles.